The van der Waals surface area contributed by atoms with Gasteiger partial charge in [0.2, 0.25) is 0 Å². The van der Waals surface area contributed by atoms with Gasteiger partial charge in [-0.15, -0.1) is 0 Å². The molecule has 1 amide bonds. The molecule has 2 aliphatic rings. The lowest BCUT2D eigenvalue weighted by atomic mass is 9.68. The molecule has 0 radical (unpaired) electrons. The number of carbonyl (C=O) groups is 1. The van der Waals surface area contributed by atoms with Crippen molar-refractivity contribution in [3.05, 3.63) is 35.9 Å². The van der Waals surface area contributed by atoms with E-state index in [2.05, 4.69) is 17.9 Å². The van der Waals surface area contributed by atoms with Crippen molar-refractivity contribution < 1.29 is 15.0 Å². The van der Waals surface area contributed by atoms with Crippen LogP contribution in [0.2, 0.25) is 0 Å². The molecule has 128 valence electrons. The van der Waals surface area contributed by atoms with Gasteiger partial charge in [0.15, 0.2) is 0 Å². The number of benzene rings is 1. The van der Waals surface area contributed by atoms with E-state index in [1.165, 1.54) is 4.90 Å². The third-order valence-electron chi connectivity index (χ3n) is 5.51. The van der Waals surface area contributed by atoms with Gasteiger partial charge in [-0.2, -0.15) is 5.26 Å². The fourth-order valence-electron chi connectivity index (χ4n) is 4.11. The minimum atomic E-state index is -1.32. The zero-order chi connectivity index (χ0) is 17.4. The third-order valence-corrected chi connectivity index (χ3v) is 5.51. The lowest BCUT2D eigenvalue weighted by Gasteiger charge is -2.59. The van der Waals surface area contributed by atoms with E-state index >= 15 is 0 Å². The Balaban J connectivity index is 1.91. The molecule has 2 fully saturated rings. The number of carboxylic acid groups (broad SMARTS) is 1. The highest BCUT2D eigenvalue weighted by atomic mass is 16.4. The molecule has 0 aliphatic carbocycles. The van der Waals surface area contributed by atoms with Crippen molar-refractivity contribution in [1.82, 2.24) is 9.80 Å². The van der Waals surface area contributed by atoms with E-state index in [0.29, 0.717) is 13.0 Å². The molecule has 2 atom stereocenters. The number of β-amino-alcohol motifs (C(OH)–C–C–N with tert-alkyl or cyclic N) is 1. The molecule has 0 saturated carbocycles. The quantitative estimate of drug-likeness (QED) is 0.886. The van der Waals surface area contributed by atoms with Gasteiger partial charge in [0.1, 0.15) is 11.1 Å². The lowest BCUT2D eigenvalue weighted by molar-refractivity contribution is -0.182. The summed E-state index contributed by atoms with van der Waals surface area (Å²) in [4.78, 5) is 14.3. The first-order valence-electron chi connectivity index (χ1n) is 8.34. The molecule has 1 aromatic carbocycles. The third kappa shape index (κ3) is 2.54. The molecule has 24 heavy (non-hydrogen) atoms. The van der Waals surface area contributed by atoms with Crippen molar-refractivity contribution in [3.63, 3.8) is 0 Å². The highest BCUT2D eigenvalue weighted by molar-refractivity contribution is 5.67. The van der Waals surface area contributed by atoms with Gasteiger partial charge in [-0.1, -0.05) is 30.3 Å². The van der Waals surface area contributed by atoms with Gasteiger partial charge >= 0.3 is 6.09 Å². The Bertz CT molecular complexity index is 651. The van der Waals surface area contributed by atoms with Crippen molar-refractivity contribution in [1.29, 1.82) is 5.26 Å². The Morgan fingerprint density at radius 1 is 1.38 bits per heavy atom. The van der Waals surface area contributed by atoms with Crippen LogP contribution in [0.25, 0.3) is 0 Å². The molecule has 2 unspecified atom stereocenters. The maximum Gasteiger partial charge on any atom is 0.407 e. The zero-order valence-corrected chi connectivity index (χ0v) is 13.9. The number of nitriles is 1. The monoisotopic (exact) mass is 329 g/mol. The van der Waals surface area contributed by atoms with Crippen LogP contribution in [0.4, 0.5) is 4.79 Å². The number of amides is 1. The summed E-state index contributed by atoms with van der Waals surface area (Å²) >= 11 is 0. The van der Waals surface area contributed by atoms with Gasteiger partial charge in [-0.3, -0.25) is 4.90 Å². The van der Waals surface area contributed by atoms with E-state index in [1.54, 1.807) is 0 Å². The van der Waals surface area contributed by atoms with Crippen molar-refractivity contribution in [2.45, 2.75) is 49.9 Å². The number of piperidine rings is 1. The second kappa shape index (κ2) is 6.08. The summed E-state index contributed by atoms with van der Waals surface area (Å²) in [5.41, 5.74) is -1.28. The standard InChI is InChI=1S/C18H23N3O3/c1-14-6-5-9-17(11-19,18(24)12-20(13-18)16(22)23)21(14)10-15-7-3-2-4-8-15/h2-4,7-8,14,24H,5-6,9-10,12-13H2,1H3,(H,22,23). The molecule has 3 rings (SSSR count). The predicted octanol–water partition coefficient (Wildman–Crippen LogP) is 2.05. The van der Waals surface area contributed by atoms with E-state index < -0.39 is 17.2 Å². The van der Waals surface area contributed by atoms with Crippen molar-refractivity contribution >= 4 is 6.09 Å². The Labute approximate surface area is 141 Å². The second-order valence-corrected chi connectivity index (χ2v) is 7.00. The number of aliphatic hydroxyl groups is 1. The molecule has 2 heterocycles. The van der Waals surface area contributed by atoms with E-state index in [1.807, 2.05) is 30.3 Å². The normalized spacial score (nSPS) is 29.5. The highest BCUT2D eigenvalue weighted by Crippen LogP contribution is 2.44. The summed E-state index contributed by atoms with van der Waals surface area (Å²) in [6, 6.07) is 12.4. The summed E-state index contributed by atoms with van der Waals surface area (Å²) < 4.78 is 0. The van der Waals surface area contributed by atoms with Crippen LogP contribution in [0.15, 0.2) is 30.3 Å². The van der Waals surface area contributed by atoms with Crippen LogP contribution in [-0.2, 0) is 6.54 Å². The Morgan fingerprint density at radius 3 is 2.62 bits per heavy atom. The molecule has 6 nitrogen and oxygen atoms in total. The van der Waals surface area contributed by atoms with Gasteiger partial charge in [0, 0.05) is 12.6 Å². The van der Waals surface area contributed by atoms with Crippen LogP contribution in [0.1, 0.15) is 31.7 Å². The molecule has 0 aromatic heterocycles. The first-order chi connectivity index (χ1) is 11.4. The average molecular weight is 329 g/mol. The Kier molecular flexibility index (Phi) is 4.24. The van der Waals surface area contributed by atoms with Crippen molar-refractivity contribution in [2.24, 2.45) is 0 Å². The van der Waals surface area contributed by atoms with Gasteiger partial charge in [0.05, 0.1) is 19.2 Å². The first kappa shape index (κ1) is 16.7. The number of hydrogen-bond acceptors (Lipinski definition) is 4. The van der Waals surface area contributed by atoms with Gasteiger partial charge < -0.3 is 15.1 Å². The number of likely N-dealkylation sites (tertiary alicyclic amines) is 2. The molecule has 2 aliphatic heterocycles. The van der Waals surface area contributed by atoms with Gasteiger partial charge in [0.25, 0.3) is 0 Å². The van der Waals surface area contributed by atoms with Crippen molar-refractivity contribution in [3.8, 4) is 6.07 Å². The lowest BCUT2D eigenvalue weighted by Crippen LogP contribution is -2.79. The molecule has 1 aromatic rings. The molecule has 0 spiro atoms. The number of nitrogens with zero attached hydrogens (tertiary/aromatic N) is 3. The fourth-order valence-corrected chi connectivity index (χ4v) is 4.11. The topological polar surface area (TPSA) is 87.8 Å². The summed E-state index contributed by atoms with van der Waals surface area (Å²) in [5.74, 6) is 0. The Morgan fingerprint density at radius 2 is 2.04 bits per heavy atom. The smallest absolute Gasteiger partial charge is 0.407 e. The zero-order valence-electron chi connectivity index (χ0n) is 13.9. The fraction of sp³-hybridized carbons (Fsp3) is 0.556. The molecule has 2 N–H and O–H groups in total. The van der Waals surface area contributed by atoms with E-state index in [-0.39, 0.29) is 19.1 Å². The Hall–Kier alpha value is -2.10. The van der Waals surface area contributed by atoms with E-state index in [4.69, 9.17) is 5.11 Å². The van der Waals surface area contributed by atoms with Crippen LogP contribution < -0.4 is 0 Å². The van der Waals surface area contributed by atoms with E-state index in [0.717, 1.165) is 18.4 Å². The SMILES string of the molecule is CC1CCCC(C#N)(C2(O)CN(C(=O)O)C2)N1Cc1ccccc1. The van der Waals surface area contributed by atoms with Gasteiger partial charge in [-0.25, -0.2) is 4.79 Å². The van der Waals surface area contributed by atoms with Crippen LogP contribution in [-0.4, -0.2) is 56.4 Å². The molecule has 2 saturated heterocycles. The minimum absolute atomic E-state index is 0.00605. The predicted molar refractivity (Wildman–Crippen MR) is 88.2 cm³/mol. The average Bonchev–Trinajstić information content (AvgIpc) is 2.54. The van der Waals surface area contributed by atoms with Crippen LogP contribution in [0.3, 0.4) is 0 Å². The molecule has 0 bridgehead atoms. The first-order valence-corrected chi connectivity index (χ1v) is 8.34. The van der Waals surface area contributed by atoms with Gasteiger partial charge in [-0.05, 0) is 31.7 Å². The number of rotatable bonds is 3. The summed E-state index contributed by atoms with van der Waals surface area (Å²) in [5, 5.41) is 30.2. The maximum absolute atomic E-state index is 11.1. The molecular weight excluding hydrogens is 306 g/mol. The number of hydrogen-bond donors (Lipinski definition) is 2. The second-order valence-electron chi connectivity index (χ2n) is 7.00. The largest absolute Gasteiger partial charge is 0.465 e. The highest BCUT2D eigenvalue weighted by Gasteiger charge is 2.63. The van der Waals surface area contributed by atoms with Crippen LogP contribution in [0, 0.1) is 11.3 Å². The van der Waals surface area contributed by atoms with Crippen LogP contribution >= 0.6 is 0 Å². The summed E-state index contributed by atoms with van der Waals surface area (Å²) in [7, 11) is 0. The van der Waals surface area contributed by atoms with Crippen LogP contribution in [0.5, 0.6) is 0 Å². The maximum atomic E-state index is 11.1. The minimum Gasteiger partial charge on any atom is -0.465 e. The summed E-state index contributed by atoms with van der Waals surface area (Å²) in [6.07, 6.45) is 1.33. The van der Waals surface area contributed by atoms with Crippen molar-refractivity contribution in [2.75, 3.05) is 13.1 Å². The molecule has 6 heteroatoms. The summed E-state index contributed by atoms with van der Waals surface area (Å²) in [6.45, 7) is 2.64. The van der Waals surface area contributed by atoms with E-state index in [9.17, 15) is 15.2 Å². The molecular formula is C18H23N3O3.